The highest BCUT2D eigenvalue weighted by atomic mass is 16.6. The molecule has 2 saturated heterocycles. The molecule has 6 heteroatoms. The number of amides is 1. The molecule has 3 rings (SSSR count). The highest BCUT2D eigenvalue weighted by Gasteiger charge is 2.36. The molecule has 3 aliphatic heterocycles. The molecular formula is C17H30N4O2. The number of ether oxygens (including phenoxy) is 1. The highest BCUT2D eigenvalue weighted by Crippen LogP contribution is 2.27. The number of nitrogens with one attached hydrogen (secondary N) is 1. The van der Waals surface area contributed by atoms with Crippen LogP contribution in [0.25, 0.3) is 0 Å². The van der Waals surface area contributed by atoms with Crippen molar-refractivity contribution in [2.24, 2.45) is 4.99 Å². The first-order valence-electron chi connectivity index (χ1n) is 8.94. The Labute approximate surface area is 139 Å². The predicted molar refractivity (Wildman–Crippen MR) is 90.9 cm³/mol. The fraction of sp³-hybridized carbons (Fsp3) is 0.882. The molecule has 0 bridgehead atoms. The maximum atomic E-state index is 12.2. The molecule has 130 valence electrons. The van der Waals surface area contributed by atoms with Gasteiger partial charge in [0.1, 0.15) is 11.4 Å². The second-order valence-corrected chi connectivity index (χ2v) is 7.87. The number of piperidine rings is 1. The number of rotatable bonds is 1. The molecule has 2 atom stereocenters. The fourth-order valence-electron chi connectivity index (χ4n) is 3.82. The van der Waals surface area contributed by atoms with E-state index in [1.54, 1.807) is 4.90 Å². The number of carbonyl (C=O) groups excluding carboxylic acids is 1. The van der Waals surface area contributed by atoms with E-state index in [0.29, 0.717) is 31.7 Å². The van der Waals surface area contributed by atoms with E-state index in [9.17, 15) is 4.79 Å². The summed E-state index contributed by atoms with van der Waals surface area (Å²) < 4.78 is 5.48. The second kappa shape index (κ2) is 6.67. The van der Waals surface area contributed by atoms with Crippen molar-refractivity contribution in [2.45, 2.75) is 64.1 Å². The average Bonchev–Trinajstić information content (AvgIpc) is 2.89. The summed E-state index contributed by atoms with van der Waals surface area (Å²) in [6.07, 6.45) is 4.88. The zero-order valence-corrected chi connectivity index (χ0v) is 14.7. The first-order chi connectivity index (χ1) is 10.9. The Morgan fingerprint density at radius 2 is 2.04 bits per heavy atom. The van der Waals surface area contributed by atoms with Gasteiger partial charge in [0.05, 0.1) is 13.1 Å². The van der Waals surface area contributed by atoms with Gasteiger partial charge < -0.3 is 10.1 Å². The lowest BCUT2D eigenvalue weighted by Gasteiger charge is -2.35. The number of nitrogens with zero attached hydrogens (tertiary/aromatic N) is 3. The lowest BCUT2D eigenvalue weighted by Crippen LogP contribution is -2.52. The van der Waals surface area contributed by atoms with Crippen molar-refractivity contribution in [1.29, 1.82) is 0 Å². The van der Waals surface area contributed by atoms with Gasteiger partial charge >= 0.3 is 6.09 Å². The maximum absolute atomic E-state index is 12.2. The molecule has 23 heavy (non-hydrogen) atoms. The van der Waals surface area contributed by atoms with Crippen LogP contribution in [0.4, 0.5) is 4.79 Å². The van der Waals surface area contributed by atoms with Crippen LogP contribution in [0, 0.1) is 0 Å². The van der Waals surface area contributed by atoms with E-state index in [2.05, 4.69) is 15.2 Å². The van der Waals surface area contributed by atoms with Crippen LogP contribution in [0.15, 0.2) is 4.99 Å². The SMILES string of the molecule is CC(C)(C)OC(=O)N1CCN=C(NC2CCN3CCCCC23)C1. The lowest BCUT2D eigenvalue weighted by molar-refractivity contribution is 0.0276. The summed E-state index contributed by atoms with van der Waals surface area (Å²) in [5, 5.41) is 3.62. The zero-order chi connectivity index (χ0) is 16.4. The Morgan fingerprint density at radius 3 is 2.83 bits per heavy atom. The molecule has 3 aliphatic rings. The van der Waals surface area contributed by atoms with E-state index < -0.39 is 5.60 Å². The van der Waals surface area contributed by atoms with Crippen LogP contribution in [0.5, 0.6) is 0 Å². The quantitative estimate of drug-likeness (QED) is 0.800. The molecule has 1 amide bonds. The Hall–Kier alpha value is -1.30. The topological polar surface area (TPSA) is 57.2 Å². The number of hydrogen-bond acceptors (Lipinski definition) is 5. The molecule has 6 nitrogen and oxygen atoms in total. The molecule has 0 aromatic carbocycles. The van der Waals surface area contributed by atoms with Crippen molar-refractivity contribution >= 4 is 11.9 Å². The Balaban J connectivity index is 1.55. The summed E-state index contributed by atoms with van der Waals surface area (Å²) in [6.45, 7) is 9.96. The number of carbonyl (C=O) groups is 1. The molecule has 0 spiro atoms. The molecule has 3 heterocycles. The molecule has 0 aromatic rings. The summed E-state index contributed by atoms with van der Waals surface area (Å²) in [6, 6.07) is 1.12. The summed E-state index contributed by atoms with van der Waals surface area (Å²) in [5.74, 6) is 0.944. The number of hydrogen-bond donors (Lipinski definition) is 1. The fourth-order valence-corrected chi connectivity index (χ4v) is 3.82. The van der Waals surface area contributed by atoms with Crippen LogP contribution >= 0.6 is 0 Å². The van der Waals surface area contributed by atoms with E-state index in [0.717, 1.165) is 5.84 Å². The predicted octanol–water partition coefficient (Wildman–Crippen LogP) is 1.85. The number of amidine groups is 1. The first-order valence-corrected chi connectivity index (χ1v) is 8.94. The molecule has 0 aromatic heterocycles. The molecule has 0 saturated carbocycles. The van der Waals surface area contributed by atoms with Gasteiger partial charge in [0, 0.05) is 25.2 Å². The third kappa shape index (κ3) is 4.16. The minimum Gasteiger partial charge on any atom is -0.444 e. The van der Waals surface area contributed by atoms with Crippen molar-refractivity contribution in [3.05, 3.63) is 0 Å². The number of fused-ring (bicyclic) bond motifs is 1. The first kappa shape index (κ1) is 16.6. The van der Waals surface area contributed by atoms with Crippen molar-refractivity contribution in [1.82, 2.24) is 15.1 Å². The van der Waals surface area contributed by atoms with Gasteiger partial charge in [-0.25, -0.2) is 4.79 Å². The third-order valence-electron chi connectivity index (χ3n) is 4.87. The van der Waals surface area contributed by atoms with E-state index in [4.69, 9.17) is 4.74 Å². The van der Waals surface area contributed by atoms with E-state index in [-0.39, 0.29) is 6.09 Å². The Kier molecular flexibility index (Phi) is 4.80. The van der Waals surface area contributed by atoms with Crippen molar-refractivity contribution in [3.63, 3.8) is 0 Å². The standard InChI is InChI=1S/C17H30N4O2/c1-17(2,3)23-16(22)21-11-8-18-15(12-21)19-13-7-10-20-9-5-4-6-14(13)20/h13-14H,4-12H2,1-3H3,(H,18,19). The van der Waals surface area contributed by atoms with Gasteiger partial charge in [-0.15, -0.1) is 0 Å². The largest absolute Gasteiger partial charge is 0.444 e. The van der Waals surface area contributed by atoms with Gasteiger partial charge in [0.2, 0.25) is 0 Å². The van der Waals surface area contributed by atoms with Crippen LogP contribution in [0.1, 0.15) is 46.5 Å². The van der Waals surface area contributed by atoms with Gasteiger partial charge in [-0.05, 0) is 46.6 Å². The van der Waals surface area contributed by atoms with Crippen LogP contribution in [0.2, 0.25) is 0 Å². The van der Waals surface area contributed by atoms with Crippen molar-refractivity contribution in [2.75, 3.05) is 32.7 Å². The molecular weight excluding hydrogens is 292 g/mol. The summed E-state index contributed by atoms with van der Waals surface area (Å²) in [5.41, 5.74) is -0.451. The van der Waals surface area contributed by atoms with Crippen molar-refractivity contribution in [3.8, 4) is 0 Å². The minimum atomic E-state index is -0.451. The average molecular weight is 322 g/mol. The van der Waals surface area contributed by atoms with E-state index in [1.165, 1.54) is 38.8 Å². The van der Waals surface area contributed by atoms with Gasteiger partial charge in [-0.1, -0.05) is 6.42 Å². The van der Waals surface area contributed by atoms with Crippen LogP contribution in [-0.2, 0) is 4.74 Å². The van der Waals surface area contributed by atoms with Crippen molar-refractivity contribution < 1.29 is 9.53 Å². The maximum Gasteiger partial charge on any atom is 0.410 e. The van der Waals surface area contributed by atoms with Gasteiger partial charge in [-0.2, -0.15) is 0 Å². The molecule has 2 fully saturated rings. The molecule has 2 unspecified atom stereocenters. The van der Waals surface area contributed by atoms with E-state index in [1.807, 2.05) is 20.8 Å². The molecule has 0 radical (unpaired) electrons. The van der Waals surface area contributed by atoms with E-state index >= 15 is 0 Å². The monoisotopic (exact) mass is 322 g/mol. The third-order valence-corrected chi connectivity index (χ3v) is 4.87. The van der Waals surface area contributed by atoms with Crippen LogP contribution in [0.3, 0.4) is 0 Å². The normalized spacial score (nSPS) is 29.0. The van der Waals surface area contributed by atoms with Crippen LogP contribution < -0.4 is 5.32 Å². The summed E-state index contributed by atoms with van der Waals surface area (Å²) >= 11 is 0. The number of aliphatic imine (C=N–C) groups is 1. The minimum absolute atomic E-state index is 0.239. The zero-order valence-electron chi connectivity index (χ0n) is 14.7. The van der Waals surface area contributed by atoms with Gasteiger partial charge in [0.15, 0.2) is 0 Å². The van der Waals surface area contributed by atoms with Gasteiger partial charge in [-0.3, -0.25) is 14.8 Å². The smallest absolute Gasteiger partial charge is 0.410 e. The highest BCUT2D eigenvalue weighted by molar-refractivity contribution is 5.88. The lowest BCUT2D eigenvalue weighted by atomic mass is 9.99. The molecule has 0 aliphatic carbocycles. The summed E-state index contributed by atoms with van der Waals surface area (Å²) in [7, 11) is 0. The summed E-state index contributed by atoms with van der Waals surface area (Å²) in [4.78, 5) is 21.2. The van der Waals surface area contributed by atoms with Gasteiger partial charge in [0.25, 0.3) is 0 Å². The Morgan fingerprint density at radius 1 is 1.22 bits per heavy atom. The molecule has 1 N–H and O–H groups in total. The second-order valence-electron chi connectivity index (χ2n) is 7.87. The Bertz CT molecular complexity index is 472. The van der Waals surface area contributed by atoms with Crippen LogP contribution in [-0.4, -0.2) is 72.1 Å².